The molecule has 0 radical (unpaired) electrons. The minimum absolute atomic E-state index is 0.0837. The molecule has 1 aliphatic rings. The molecule has 134 valence electrons. The van der Waals surface area contributed by atoms with E-state index in [2.05, 4.69) is 10.6 Å². The monoisotopic (exact) mass is 354 g/mol. The Morgan fingerprint density at radius 2 is 1.62 bits per heavy atom. The van der Waals surface area contributed by atoms with Crippen LogP contribution in [0.1, 0.15) is 33.6 Å². The summed E-state index contributed by atoms with van der Waals surface area (Å²) in [5.41, 5.74) is 1.30. The van der Waals surface area contributed by atoms with Gasteiger partial charge in [-0.05, 0) is 49.2 Å². The van der Waals surface area contributed by atoms with Gasteiger partial charge in [0.15, 0.2) is 0 Å². The predicted octanol–water partition coefficient (Wildman–Crippen LogP) is 2.75. The van der Waals surface area contributed by atoms with Crippen LogP contribution in [-0.4, -0.2) is 35.6 Å². The summed E-state index contributed by atoms with van der Waals surface area (Å²) in [5.74, 6) is -1.70. The highest BCUT2D eigenvalue weighted by Gasteiger charge is 2.23. The van der Waals surface area contributed by atoms with Gasteiger partial charge in [0, 0.05) is 23.5 Å². The van der Waals surface area contributed by atoms with E-state index in [4.69, 9.17) is 9.84 Å². The number of nitrogens with one attached hydrogen (secondary N) is 2. The maximum absolute atomic E-state index is 12.4. The van der Waals surface area contributed by atoms with Crippen LogP contribution in [0.25, 0.3) is 0 Å². The average Bonchev–Trinajstić information content (AvgIpc) is 3.17. The van der Waals surface area contributed by atoms with Crippen molar-refractivity contribution in [2.45, 2.75) is 18.9 Å². The molecule has 1 heterocycles. The summed E-state index contributed by atoms with van der Waals surface area (Å²) in [4.78, 5) is 35.5. The van der Waals surface area contributed by atoms with Crippen LogP contribution < -0.4 is 10.6 Å². The Hall–Kier alpha value is -3.19. The molecule has 1 atom stereocenters. The van der Waals surface area contributed by atoms with Crippen LogP contribution in [-0.2, 0) is 9.53 Å². The van der Waals surface area contributed by atoms with Crippen molar-refractivity contribution < 1.29 is 24.2 Å². The van der Waals surface area contributed by atoms with Crippen molar-refractivity contribution in [2.24, 2.45) is 0 Å². The Morgan fingerprint density at radius 1 is 0.962 bits per heavy atom. The van der Waals surface area contributed by atoms with E-state index < -0.39 is 18.0 Å². The summed E-state index contributed by atoms with van der Waals surface area (Å²) >= 11 is 0. The molecule has 2 aromatic carbocycles. The lowest BCUT2D eigenvalue weighted by Crippen LogP contribution is -2.27. The number of hydrogen-bond acceptors (Lipinski definition) is 4. The van der Waals surface area contributed by atoms with E-state index in [9.17, 15) is 14.4 Å². The van der Waals surface area contributed by atoms with Gasteiger partial charge in [0.05, 0.1) is 5.56 Å². The number of rotatable bonds is 5. The number of carboxylic acid groups (broad SMARTS) is 1. The number of carbonyl (C=O) groups excluding carboxylic acids is 2. The maximum atomic E-state index is 12.4. The van der Waals surface area contributed by atoms with E-state index in [1.54, 1.807) is 36.4 Å². The second kappa shape index (κ2) is 7.79. The first kappa shape index (κ1) is 17.6. The summed E-state index contributed by atoms with van der Waals surface area (Å²) in [5, 5.41) is 14.4. The molecule has 3 rings (SSSR count). The fourth-order valence-corrected chi connectivity index (χ4v) is 2.68. The number of amides is 2. The smallest absolute Gasteiger partial charge is 0.335 e. The molecule has 1 saturated heterocycles. The van der Waals surface area contributed by atoms with Crippen molar-refractivity contribution in [3.63, 3.8) is 0 Å². The molecule has 0 aromatic heterocycles. The summed E-state index contributed by atoms with van der Waals surface area (Å²) in [6.07, 6.45) is 1.09. The van der Waals surface area contributed by atoms with Gasteiger partial charge in [0.25, 0.3) is 11.8 Å². The lowest BCUT2D eigenvalue weighted by atomic mass is 10.1. The van der Waals surface area contributed by atoms with Crippen molar-refractivity contribution in [1.29, 1.82) is 0 Å². The molecule has 0 aliphatic carbocycles. The SMILES string of the molecule is O=C(O)c1cccc(NC(=O)c2cccc(NC(=O)[C@@H]3CCCO3)c2)c1. The van der Waals surface area contributed by atoms with E-state index >= 15 is 0 Å². The first-order valence-corrected chi connectivity index (χ1v) is 8.20. The molecule has 0 spiro atoms. The minimum atomic E-state index is -1.07. The average molecular weight is 354 g/mol. The molecule has 0 bridgehead atoms. The van der Waals surface area contributed by atoms with Gasteiger partial charge in [-0.15, -0.1) is 0 Å². The Morgan fingerprint density at radius 3 is 2.27 bits per heavy atom. The predicted molar refractivity (Wildman–Crippen MR) is 95.4 cm³/mol. The Kier molecular flexibility index (Phi) is 5.28. The van der Waals surface area contributed by atoms with Gasteiger partial charge in [-0.1, -0.05) is 12.1 Å². The molecule has 1 fully saturated rings. The summed E-state index contributed by atoms with van der Waals surface area (Å²) in [6, 6.07) is 12.5. The third-order valence-electron chi connectivity index (χ3n) is 3.98. The second-order valence-corrected chi connectivity index (χ2v) is 5.91. The molecular weight excluding hydrogens is 336 g/mol. The second-order valence-electron chi connectivity index (χ2n) is 5.91. The zero-order valence-electron chi connectivity index (χ0n) is 13.9. The highest BCUT2D eigenvalue weighted by molar-refractivity contribution is 6.06. The molecule has 2 amide bonds. The van der Waals surface area contributed by atoms with Crippen molar-refractivity contribution in [1.82, 2.24) is 0 Å². The van der Waals surface area contributed by atoms with Gasteiger partial charge in [0.1, 0.15) is 6.10 Å². The van der Waals surface area contributed by atoms with Crippen LogP contribution in [0.2, 0.25) is 0 Å². The number of carbonyl (C=O) groups is 3. The quantitative estimate of drug-likeness (QED) is 0.766. The zero-order chi connectivity index (χ0) is 18.5. The van der Waals surface area contributed by atoms with Crippen molar-refractivity contribution in [2.75, 3.05) is 17.2 Å². The molecule has 3 N–H and O–H groups in total. The molecule has 2 aromatic rings. The van der Waals surface area contributed by atoms with Crippen molar-refractivity contribution in [3.05, 3.63) is 59.7 Å². The van der Waals surface area contributed by atoms with E-state index in [1.807, 2.05) is 0 Å². The molecule has 26 heavy (non-hydrogen) atoms. The summed E-state index contributed by atoms with van der Waals surface area (Å²) in [6.45, 7) is 0.579. The van der Waals surface area contributed by atoms with Crippen LogP contribution in [0.15, 0.2) is 48.5 Å². The number of ether oxygens (including phenoxy) is 1. The van der Waals surface area contributed by atoms with Crippen LogP contribution >= 0.6 is 0 Å². The molecule has 7 heteroatoms. The number of carboxylic acids is 1. The van der Waals surface area contributed by atoms with Gasteiger partial charge in [-0.2, -0.15) is 0 Å². The number of hydrogen-bond donors (Lipinski definition) is 3. The standard InChI is InChI=1S/C19H18N2O5/c22-17(20-15-7-2-5-13(11-15)19(24)25)12-4-1-6-14(10-12)21-18(23)16-8-3-9-26-16/h1-2,4-7,10-11,16H,3,8-9H2,(H,20,22)(H,21,23)(H,24,25)/t16-/m0/s1. The van der Waals surface area contributed by atoms with Gasteiger partial charge in [-0.3, -0.25) is 9.59 Å². The number of aromatic carboxylic acids is 1. The summed E-state index contributed by atoms with van der Waals surface area (Å²) in [7, 11) is 0. The number of benzene rings is 2. The van der Waals surface area contributed by atoms with Gasteiger partial charge in [-0.25, -0.2) is 4.79 Å². The van der Waals surface area contributed by atoms with E-state index in [-0.39, 0.29) is 11.5 Å². The Balaban J connectivity index is 1.69. The zero-order valence-corrected chi connectivity index (χ0v) is 13.9. The first-order chi connectivity index (χ1) is 12.5. The fraction of sp³-hybridized carbons (Fsp3) is 0.211. The fourth-order valence-electron chi connectivity index (χ4n) is 2.68. The van der Waals surface area contributed by atoms with Crippen molar-refractivity contribution >= 4 is 29.2 Å². The topological polar surface area (TPSA) is 105 Å². The maximum Gasteiger partial charge on any atom is 0.335 e. The van der Waals surface area contributed by atoms with Gasteiger partial charge in [0.2, 0.25) is 0 Å². The van der Waals surface area contributed by atoms with E-state index in [0.29, 0.717) is 30.0 Å². The highest BCUT2D eigenvalue weighted by atomic mass is 16.5. The van der Waals surface area contributed by atoms with E-state index in [1.165, 1.54) is 12.1 Å². The van der Waals surface area contributed by atoms with Gasteiger partial charge >= 0.3 is 5.97 Å². The third-order valence-corrected chi connectivity index (χ3v) is 3.98. The van der Waals surface area contributed by atoms with Crippen LogP contribution in [0.5, 0.6) is 0 Å². The summed E-state index contributed by atoms with van der Waals surface area (Å²) < 4.78 is 5.33. The molecule has 0 saturated carbocycles. The van der Waals surface area contributed by atoms with Crippen LogP contribution in [0, 0.1) is 0 Å². The largest absolute Gasteiger partial charge is 0.478 e. The normalized spacial score (nSPS) is 16.1. The molecule has 7 nitrogen and oxygen atoms in total. The molecule has 1 aliphatic heterocycles. The lowest BCUT2D eigenvalue weighted by molar-refractivity contribution is -0.124. The minimum Gasteiger partial charge on any atom is -0.478 e. The molecule has 0 unspecified atom stereocenters. The van der Waals surface area contributed by atoms with Crippen molar-refractivity contribution in [3.8, 4) is 0 Å². The van der Waals surface area contributed by atoms with Gasteiger partial charge < -0.3 is 20.5 Å². The number of anilines is 2. The highest BCUT2D eigenvalue weighted by Crippen LogP contribution is 2.18. The Labute approximate surface area is 150 Å². The third kappa shape index (κ3) is 4.25. The lowest BCUT2D eigenvalue weighted by Gasteiger charge is -2.11. The van der Waals surface area contributed by atoms with E-state index in [0.717, 1.165) is 6.42 Å². The first-order valence-electron chi connectivity index (χ1n) is 8.20. The van der Waals surface area contributed by atoms with Crippen LogP contribution in [0.4, 0.5) is 11.4 Å². The Bertz CT molecular complexity index is 843. The van der Waals surface area contributed by atoms with Crippen LogP contribution in [0.3, 0.4) is 0 Å². The molecular formula is C19H18N2O5.